The van der Waals surface area contributed by atoms with Crippen LogP contribution in [0.4, 0.5) is 22.4 Å². The van der Waals surface area contributed by atoms with Gasteiger partial charge >= 0.3 is 18.2 Å². The predicted molar refractivity (Wildman–Crippen MR) is 82.4 cm³/mol. The number of benzene rings is 1. The smallest absolute Gasteiger partial charge is 0.422 e. The highest BCUT2D eigenvalue weighted by molar-refractivity contribution is 5.80. The summed E-state index contributed by atoms with van der Waals surface area (Å²) in [5.41, 5.74) is -1.10. The average molecular weight is 381 g/mol. The van der Waals surface area contributed by atoms with Crippen LogP contribution in [0, 0.1) is 5.82 Å². The highest BCUT2D eigenvalue weighted by atomic mass is 19.4. The van der Waals surface area contributed by atoms with Crippen molar-refractivity contribution in [1.82, 2.24) is 5.32 Å². The largest absolute Gasteiger partial charge is 0.484 e. The normalized spacial score (nSPS) is 13.0. The van der Waals surface area contributed by atoms with Crippen LogP contribution < -0.4 is 10.1 Å². The van der Waals surface area contributed by atoms with E-state index in [0.29, 0.717) is 0 Å². The van der Waals surface area contributed by atoms with E-state index in [-0.39, 0.29) is 11.3 Å². The van der Waals surface area contributed by atoms with E-state index in [0.717, 1.165) is 18.2 Å². The zero-order chi connectivity index (χ0) is 20.1. The van der Waals surface area contributed by atoms with E-state index >= 15 is 0 Å². The number of amides is 1. The molecule has 0 aliphatic heterocycles. The van der Waals surface area contributed by atoms with Gasteiger partial charge in [0.2, 0.25) is 0 Å². The van der Waals surface area contributed by atoms with E-state index in [1.807, 2.05) is 0 Å². The van der Waals surface area contributed by atoms with Crippen LogP contribution in [0.15, 0.2) is 18.2 Å². The van der Waals surface area contributed by atoms with Gasteiger partial charge in [0.25, 0.3) is 0 Å². The minimum atomic E-state index is -4.57. The van der Waals surface area contributed by atoms with E-state index in [4.69, 9.17) is 4.74 Å². The van der Waals surface area contributed by atoms with Gasteiger partial charge in [0.15, 0.2) is 6.61 Å². The van der Waals surface area contributed by atoms with Crippen molar-refractivity contribution in [1.29, 1.82) is 0 Å². The third-order valence-corrected chi connectivity index (χ3v) is 2.83. The van der Waals surface area contributed by atoms with E-state index in [2.05, 4.69) is 10.1 Å². The number of nitrogens with one attached hydrogen (secondary N) is 1. The third-order valence-electron chi connectivity index (χ3n) is 2.83. The predicted octanol–water partition coefficient (Wildman–Crippen LogP) is 3.29. The van der Waals surface area contributed by atoms with Gasteiger partial charge in [0, 0.05) is 6.42 Å². The fourth-order valence-corrected chi connectivity index (χ4v) is 1.83. The molecule has 0 fully saturated rings. The molecule has 1 aromatic rings. The van der Waals surface area contributed by atoms with Crippen LogP contribution in [0.1, 0.15) is 26.3 Å². The number of carboxylic acids is 1. The maximum Gasteiger partial charge on any atom is 0.422 e. The van der Waals surface area contributed by atoms with Crippen molar-refractivity contribution in [3.8, 4) is 5.75 Å². The fraction of sp³-hybridized carbons (Fsp3) is 0.500. The number of alkyl halides is 3. The van der Waals surface area contributed by atoms with Crippen LogP contribution in [0.5, 0.6) is 5.75 Å². The Kier molecular flexibility index (Phi) is 6.82. The number of hydrogen-bond acceptors (Lipinski definition) is 4. The summed E-state index contributed by atoms with van der Waals surface area (Å²) in [4.78, 5) is 23.0. The van der Waals surface area contributed by atoms with Crippen LogP contribution >= 0.6 is 0 Å². The Balaban J connectivity index is 2.87. The second-order valence-corrected chi connectivity index (χ2v) is 6.40. The molecule has 26 heavy (non-hydrogen) atoms. The van der Waals surface area contributed by atoms with Crippen LogP contribution in [0.25, 0.3) is 0 Å². The summed E-state index contributed by atoms with van der Waals surface area (Å²) >= 11 is 0. The van der Waals surface area contributed by atoms with Gasteiger partial charge in [0.1, 0.15) is 23.2 Å². The topological polar surface area (TPSA) is 84.9 Å². The van der Waals surface area contributed by atoms with Crippen molar-refractivity contribution in [2.24, 2.45) is 0 Å². The maximum absolute atomic E-state index is 13.9. The van der Waals surface area contributed by atoms with Gasteiger partial charge in [-0.1, -0.05) is 0 Å². The zero-order valence-corrected chi connectivity index (χ0v) is 14.3. The third kappa shape index (κ3) is 8.04. The van der Waals surface area contributed by atoms with Crippen molar-refractivity contribution in [2.75, 3.05) is 6.61 Å². The lowest BCUT2D eigenvalue weighted by Gasteiger charge is -2.22. The first-order chi connectivity index (χ1) is 11.8. The molecular weight excluding hydrogens is 362 g/mol. The lowest BCUT2D eigenvalue weighted by molar-refractivity contribution is -0.153. The molecule has 0 bridgehead atoms. The highest BCUT2D eigenvalue weighted by Crippen LogP contribution is 2.22. The molecule has 146 valence electrons. The number of carboxylic acid groups (broad SMARTS) is 1. The first kappa shape index (κ1) is 21.5. The Bertz CT molecular complexity index is 655. The molecule has 0 spiro atoms. The number of hydrogen-bond donors (Lipinski definition) is 2. The molecule has 1 unspecified atom stereocenters. The molecule has 6 nitrogen and oxygen atoms in total. The molecule has 10 heteroatoms. The molecule has 0 aliphatic rings. The second-order valence-electron chi connectivity index (χ2n) is 6.40. The van der Waals surface area contributed by atoms with Crippen LogP contribution in [-0.4, -0.2) is 41.6 Å². The first-order valence-corrected chi connectivity index (χ1v) is 7.47. The van der Waals surface area contributed by atoms with Gasteiger partial charge in [-0.3, -0.25) is 0 Å². The molecule has 0 heterocycles. The van der Waals surface area contributed by atoms with E-state index in [1.165, 1.54) is 0 Å². The summed E-state index contributed by atoms with van der Waals surface area (Å²) in [5, 5.41) is 11.3. The highest BCUT2D eigenvalue weighted by Gasteiger charge is 2.29. The number of ether oxygens (including phenoxy) is 2. The second kappa shape index (κ2) is 8.24. The van der Waals surface area contributed by atoms with Crippen LogP contribution in [0.2, 0.25) is 0 Å². The Hall–Kier alpha value is -2.52. The number of alkyl carbamates (subject to hydrolysis) is 1. The Morgan fingerprint density at radius 1 is 1.23 bits per heavy atom. The number of rotatable bonds is 6. The Morgan fingerprint density at radius 2 is 1.85 bits per heavy atom. The molecule has 1 rings (SSSR count). The SMILES string of the molecule is CC(C)(C)OC(=O)NC(Cc1cc(OCC(F)(F)F)ccc1F)C(=O)O. The lowest BCUT2D eigenvalue weighted by Crippen LogP contribution is -2.44. The Morgan fingerprint density at radius 3 is 2.35 bits per heavy atom. The fourth-order valence-electron chi connectivity index (χ4n) is 1.83. The lowest BCUT2D eigenvalue weighted by atomic mass is 10.1. The summed E-state index contributed by atoms with van der Waals surface area (Å²) < 4.78 is 59.8. The average Bonchev–Trinajstić information content (AvgIpc) is 2.44. The summed E-state index contributed by atoms with van der Waals surface area (Å²) in [6, 6.07) is 1.25. The van der Waals surface area contributed by atoms with Crippen molar-refractivity contribution < 1.29 is 41.7 Å². The monoisotopic (exact) mass is 381 g/mol. The number of carbonyl (C=O) groups is 2. The molecule has 0 saturated carbocycles. The van der Waals surface area contributed by atoms with Gasteiger partial charge in [-0.2, -0.15) is 13.2 Å². The maximum atomic E-state index is 13.9. The number of halogens is 4. The molecule has 1 atom stereocenters. The summed E-state index contributed by atoms with van der Waals surface area (Å²) in [7, 11) is 0. The van der Waals surface area contributed by atoms with Crippen molar-refractivity contribution in [2.45, 2.75) is 45.0 Å². The molecule has 0 aliphatic carbocycles. The Labute approximate surface area is 147 Å². The minimum absolute atomic E-state index is 0.229. The van der Waals surface area contributed by atoms with Gasteiger partial charge in [-0.05, 0) is 44.5 Å². The van der Waals surface area contributed by atoms with Gasteiger partial charge in [0.05, 0.1) is 0 Å². The van der Waals surface area contributed by atoms with Crippen LogP contribution in [0.3, 0.4) is 0 Å². The summed E-state index contributed by atoms with van der Waals surface area (Å²) in [6.45, 7) is 3.15. The van der Waals surface area contributed by atoms with Crippen LogP contribution in [-0.2, 0) is 16.0 Å². The van der Waals surface area contributed by atoms with E-state index in [9.17, 15) is 32.3 Å². The minimum Gasteiger partial charge on any atom is -0.484 e. The van der Waals surface area contributed by atoms with Gasteiger partial charge < -0.3 is 19.9 Å². The summed E-state index contributed by atoms with van der Waals surface area (Å²) in [5.74, 6) is -2.58. The quantitative estimate of drug-likeness (QED) is 0.739. The number of carbonyl (C=O) groups excluding carboxylic acids is 1. The molecule has 1 aromatic carbocycles. The molecule has 0 aromatic heterocycles. The molecule has 2 N–H and O–H groups in total. The van der Waals surface area contributed by atoms with Gasteiger partial charge in [-0.25, -0.2) is 14.0 Å². The molecule has 0 saturated heterocycles. The zero-order valence-electron chi connectivity index (χ0n) is 14.3. The van der Waals surface area contributed by atoms with Crippen molar-refractivity contribution in [3.05, 3.63) is 29.6 Å². The van der Waals surface area contributed by atoms with Gasteiger partial charge in [-0.15, -0.1) is 0 Å². The van der Waals surface area contributed by atoms with Crippen molar-refractivity contribution >= 4 is 12.1 Å². The molecule has 1 amide bonds. The molecule has 0 radical (unpaired) electrons. The summed E-state index contributed by atoms with van der Waals surface area (Å²) in [6.07, 6.45) is -6.10. The number of aliphatic carboxylic acids is 1. The van der Waals surface area contributed by atoms with E-state index in [1.54, 1.807) is 20.8 Å². The first-order valence-electron chi connectivity index (χ1n) is 7.47. The molecular formula is C16H19F4NO5. The standard InChI is InChI=1S/C16H19F4NO5/c1-15(2,3)26-14(24)21-12(13(22)23)7-9-6-10(4-5-11(9)17)25-8-16(18,19)20/h4-6,12H,7-8H2,1-3H3,(H,21,24)(H,22,23). The van der Waals surface area contributed by atoms with Crippen molar-refractivity contribution in [3.63, 3.8) is 0 Å². The van der Waals surface area contributed by atoms with E-state index < -0.39 is 48.7 Å².